The molecule has 0 saturated heterocycles. The van der Waals surface area contributed by atoms with Gasteiger partial charge >= 0.3 is 0 Å². The summed E-state index contributed by atoms with van der Waals surface area (Å²) in [5.74, 6) is 1.68. The molecule has 1 heterocycles. The number of non-ortho nitro benzene ring substituents is 1. The maximum absolute atomic E-state index is 10.7. The molecule has 0 aliphatic rings. The van der Waals surface area contributed by atoms with E-state index in [1.54, 1.807) is 12.1 Å². The molecule has 0 fully saturated rings. The first-order valence-corrected chi connectivity index (χ1v) is 6.51. The smallest absolute Gasteiger partial charge is 0.273 e. The Morgan fingerprint density at radius 2 is 2.24 bits per heavy atom. The summed E-state index contributed by atoms with van der Waals surface area (Å²) in [7, 11) is 0. The number of hydrogen-bond acceptors (Lipinski definition) is 6. The van der Waals surface area contributed by atoms with Crippen molar-refractivity contribution in [2.45, 2.75) is 26.5 Å². The van der Waals surface area contributed by atoms with Crippen LogP contribution in [0.4, 0.5) is 5.69 Å². The molecule has 112 valence electrons. The number of benzene rings is 1. The van der Waals surface area contributed by atoms with Crippen molar-refractivity contribution < 1.29 is 9.66 Å². The summed E-state index contributed by atoms with van der Waals surface area (Å²) >= 11 is 0. The molecule has 1 aromatic heterocycles. The third kappa shape index (κ3) is 3.76. The van der Waals surface area contributed by atoms with Crippen molar-refractivity contribution in [2.75, 3.05) is 0 Å². The number of nitrogens with zero attached hydrogens (tertiary/aromatic N) is 3. The van der Waals surface area contributed by atoms with Gasteiger partial charge in [-0.3, -0.25) is 15.2 Å². The molecule has 2 aromatic rings. The Morgan fingerprint density at radius 3 is 2.90 bits per heavy atom. The van der Waals surface area contributed by atoms with Crippen LogP contribution in [0.5, 0.6) is 5.75 Å². The van der Waals surface area contributed by atoms with Crippen molar-refractivity contribution >= 4 is 5.69 Å². The molecule has 8 heteroatoms. The number of aromatic nitrogens is 3. The minimum absolute atomic E-state index is 0.0208. The average molecular weight is 291 g/mol. The molecule has 1 unspecified atom stereocenters. The lowest BCUT2D eigenvalue weighted by Crippen LogP contribution is -2.18. The minimum atomic E-state index is -0.471. The van der Waals surface area contributed by atoms with Crippen LogP contribution < -0.4 is 10.5 Å². The van der Waals surface area contributed by atoms with E-state index in [9.17, 15) is 10.1 Å². The first-order chi connectivity index (χ1) is 9.97. The van der Waals surface area contributed by atoms with Gasteiger partial charge in [0.1, 0.15) is 12.4 Å². The highest BCUT2D eigenvalue weighted by Crippen LogP contribution is 2.20. The lowest BCUT2D eigenvalue weighted by Gasteiger charge is -2.10. The van der Waals surface area contributed by atoms with Crippen molar-refractivity contribution in [3.05, 3.63) is 46.0 Å². The van der Waals surface area contributed by atoms with Crippen LogP contribution in [0.15, 0.2) is 24.3 Å². The van der Waals surface area contributed by atoms with Gasteiger partial charge in [-0.25, -0.2) is 4.98 Å². The number of nitro benzene ring substituents is 1. The second-order valence-corrected chi connectivity index (χ2v) is 4.95. The van der Waals surface area contributed by atoms with Crippen molar-refractivity contribution in [1.29, 1.82) is 0 Å². The van der Waals surface area contributed by atoms with E-state index in [1.807, 2.05) is 13.8 Å². The van der Waals surface area contributed by atoms with E-state index < -0.39 is 4.92 Å². The van der Waals surface area contributed by atoms with Gasteiger partial charge in [0.2, 0.25) is 0 Å². The zero-order chi connectivity index (χ0) is 15.4. The van der Waals surface area contributed by atoms with E-state index in [1.165, 1.54) is 12.1 Å². The van der Waals surface area contributed by atoms with Gasteiger partial charge in [0.05, 0.1) is 17.0 Å². The molecule has 1 aromatic carbocycles. The molecule has 3 N–H and O–H groups in total. The first-order valence-electron chi connectivity index (χ1n) is 6.51. The summed E-state index contributed by atoms with van der Waals surface area (Å²) in [6.45, 7) is 4.11. The molecule has 2 rings (SSSR count). The fourth-order valence-electron chi connectivity index (χ4n) is 1.66. The average Bonchev–Trinajstić information content (AvgIpc) is 2.93. The predicted octanol–water partition coefficient (Wildman–Crippen LogP) is 1.95. The first kappa shape index (κ1) is 14.9. The Bertz CT molecular complexity index is 626. The summed E-state index contributed by atoms with van der Waals surface area (Å²) in [5.41, 5.74) is 5.93. The third-order valence-electron chi connectivity index (χ3n) is 2.97. The highest BCUT2D eigenvalue weighted by atomic mass is 16.6. The van der Waals surface area contributed by atoms with Gasteiger partial charge < -0.3 is 10.5 Å². The van der Waals surface area contributed by atoms with Crippen LogP contribution >= 0.6 is 0 Å². The van der Waals surface area contributed by atoms with E-state index >= 15 is 0 Å². The monoisotopic (exact) mass is 291 g/mol. The number of rotatable bonds is 6. The van der Waals surface area contributed by atoms with Gasteiger partial charge in [-0.05, 0) is 12.0 Å². The van der Waals surface area contributed by atoms with Crippen LogP contribution in [0.1, 0.15) is 31.5 Å². The molecule has 8 nitrogen and oxygen atoms in total. The maximum atomic E-state index is 10.7. The Kier molecular flexibility index (Phi) is 4.49. The summed E-state index contributed by atoms with van der Waals surface area (Å²) in [6, 6.07) is 5.73. The Morgan fingerprint density at radius 1 is 1.48 bits per heavy atom. The van der Waals surface area contributed by atoms with Gasteiger partial charge in [-0.1, -0.05) is 19.9 Å². The number of aromatic amines is 1. The van der Waals surface area contributed by atoms with Crippen LogP contribution in [-0.2, 0) is 6.61 Å². The molecular weight excluding hydrogens is 274 g/mol. The molecule has 0 spiro atoms. The van der Waals surface area contributed by atoms with Gasteiger partial charge in [0.25, 0.3) is 5.69 Å². The van der Waals surface area contributed by atoms with Gasteiger partial charge in [0, 0.05) is 6.07 Å². The molecule has 21 heavy (non-hydrogen) atoms. The Labute approximate surface area is 121 Å². The molecular formula is C13H17N5O3. The standard InChI is InChI=1S/C13H17N5O3/c1-8(2)12(14)13-15-11(16-17-13)7-21-10-5-3-4-9(6-10)18(19)20/h3-6,8,12H,7,14H2,1-2H3,(H,15,16,17). The summed E-state index contributed by atoms with van der Waals surface area (Å²) in [5, 5.41) is 17.5. The van der Waals surface area contributed by atoms with E-state index in [4.69, 9.17) is 10.5 Å². The normalized spacial score (nSPS) is 12.4. The number of ether oxygens (including phenoxy) is 1. The van der Waals surface area contributed by atoms with Crippen molar-refractivity contribution in [2.24, 2.45) is 11.7 Å². The third-order valence-corrected chi connectivity index (χ3v) is 2.97. The van der Waals surface area contributed by atoms with E-state index in [-0.39, 0.29) is 24.3 Å². The highest BCUT2D eigenvalue weighted by Gasteiger charge is 2.16. The molecule has 0 bridgehead atoms. The summed E-state index contributed by atoms with van der Waals surface area (Å²) in [4.78, 5) is 14.5. The Balaban J connectivity index is 2.00. The van der Waals surface area contributed by atoms with Gasteiger partial charge in [0.15, 0.2) is 11.6 Å². The lowest BCUT2D eigenvalue weighted by molar-refractivity contribution is -0.384. The highest BCUT2D eigenvalue weighted by molar-refractivity contribution is 5.37. The molecule has 0 saturated carbocycles. The van der Waals surface area contributed by atoms with Gasteiger partial charge in [-0.2, -0.15) is 5.10 Å². The second kappa shape index (κ2) is 6.31. The second-order valence-electron chi connectivity index (χ2n) is 4.95. The summed E-state index contributed by atoms with van der Waals surface area (Å²) in [6.07, 6.45) is 0. The fourth-order valence-corrected chi connectivity index (χ4v) is 1.66. The summed E-state index contributed by atoms with van der Waals surface area (Å²) < 4.78 is 5.46. The largest absolute Gasteiger partial charge is 0.485 e. The van der Waals surface area contributed by atoms with Gasteiger partial charge in [-0.15, -0.1) is 0 Å². The van der Waals surface area contributed by atoms with Crippen LogP contribution in [0.25, 0.3) is 0 Å². The predicted molar refractivity (Wildman–Crippen MR) is 75.6 cm³/mol. The molecule has 0 aliphatic carbocycles. The zero-order valence-corrected chi connectivity index (χ0v) is 11.8. The Hall–Kier alpha value is -2.48. The van der Waals surface area contributed by atoms with E-state index in [0.717, 1.165) is 0 Å². The maximum Gasteiger partial charge on any atom is 0.273 e. The molecule has 0 amide bonds. The molecule has 1 atom stereocenters. The van der Waals surface area contributed by atoms with Crippen molar-refractivity contribution in [3.8, 4) is 5.75 Å². The van der Waals surface area contributed by atoms with Crippen LogP contribution in [0.3, 0.4) is 0 Å². The van der Waals surface area contributed by atoms with E-state index in [0.29, 0.717) is 17.4 Å². The number of nitrogens with two attached hydrogens (primary N) is 1. The number of hydrogen-bond donors (Lipinski definition) is 2. The van der Waals surface area contributed by atoms with E-state index in [2.05, 4.69) is 15.2 Å². The fraction of sp³-hybridized carbons (Fsp3) is 0.385. The quantitative estimate of drug-likeness (QED) is 0.620. The van der Waals surface area contributed by atoms with Crippen LogP contribution in [0, 0.1) is 16.0 Å². The topological polar surface area (TPSA) is 120 Å². The number of nitro groups is 1. The number of H-pyrrole nitrogens is 1. The van der Waals surface area contributed by atoms with Crippen LogP contribution in [-0.4, -0.2) is 20.1 Å². The zero-order valence-electron chi connectivity index (χ0n) is 11.8. The van der Waals surface area contributed by atoms with Crippen molar-refractivity contribution in [1.82, 2.24) is 15.2 Å². The number of nitrogens with one attached hydrogen (secondary N) is 1. The SMILES string of the molecule is CC(C)C(N)c1n[nH]c(COc2cccc([N+](=O)[O-])c2)n1. The lowest BCUT2D eigenvalue weighted by atomic mass is 10.1. The molecule has 0 radical (unpaired) electrons. The molecule has 0 aliphatic heterocycles. The van der Waals surface area contributed by atoms with Crippen molar-refractivity contribution in [3.63, 3.8) is 0 Å². The van der Waals surface area contributed by atoms with Crippen LogP contribution in [0.2, 0.25) is 0 Å². The minimum Gasteiger partial charge on any atom is -0.485 e.